The molecule has 2 saturated heterocycles. The van der Waals surface area contributed by atoms with Crippen LogP contribution in [0.3, 0.4) is 0 Å². The number of hydrogen-bond acceptors (Lipinski definition) is 5. The van der Waals surface area contributed by atoms with Crippen molar-refractivity contribution in [1.82, 2.24) is 19.8 Å². The van der Waals surface area contributed by atoms with Crippen molar-refractivity contribution in [3.8, 4) is 0 Å². The van der Waals surface area contributed by atoms with Crippen molar-refractivity contribution in [2.75, 3.05) is 43.9 Å². The maximum absolute atomic E-state index is 12.9. The van der Waals surface area contributed by atoms with Crippen LogP contribution >= 0.6 is 0 Å². The number of urea groups is 1. The number of rotatable bonds is 4. The summed E-state index contributed by atoms with van der Waals surface area (Å²) in [7, 11) is 2.16. The maximum atomic E-state index is 12.9. The van der Waals surface area contributed by atoms with Gasteiger partial charge in [-0.2, -0.15) is 0 Å². The molecule has 2 unspecified atom stereocenters. The minimum atomic E-state index is -0.0293. The molecule has 0 spiro atoms. The molecule has 3 heterocycles. The van der Waals surface area contributed by atoms with E-state index in [4.69, 9.17) is 0 Å². The van der Waals surface area contributed by atoms with E-state index < -0.39 is 0 Å². The normalized spacial score (nSPS) is 20.8. The SMILES string of the molecule is CCc1cccc(Nc2ncnc3ccc(NC(=O)N4CC5CN(C)CC5C4)cc23)c1. The van der Waals surface area contributed by atoms with E-state index in [1.807, 2.05) is 35.2 Å². The van der Waals surface area contributed by atoms with Crippen molar-refractivity contribution in [2.24, 2.45) is 11.8 Å². The Labute approximate surface area is 182 Å². The average molecular weight is 417 g/mol. The van der Waals surface area contributed by atoms with Crippen LogP contribution < -0.4 is 10.6 Å². The minimum absolute atomic E-state index is 0.0293. The number of nitrogens with one attached hydrogen (secondary N) is 2. The van der Waals surface area contributed by atoms with Crippen molar-refractivity contribution in [2.45, 2.75) is 13.3 Å². The summed E-state index contributed by atoms with van der Waals surface area (Å²) in [5.41, 5.74) is 3.84. The van der Waals surface area contributed by atoms with Gasteiger partial charge in [0.05, 0.1) is 5.52 Å². The van der Waals surface area contributed by atoms with Crippen molar-refractivity contribution in [3.63, 3.8) is 0 Å². The summed E-state index contributed by atoms with van der Waals surface area (Å²) in [6.45, 7) is 5.96. The van der Waals surface area contributed by atoms with Crippen LogP contribution in [0.4, 0.5) is 22.0 Å². The van der Waals surface area contributed by atoms with Crippen LogP contribution in [0.2, 0.25) is 0 Å². The van der Waals surface area contributed by atoms with Crippen LogP contribution in [0.15, 0.2) is 48.8 Å². The van der Waals surface area contributed by atoms with Crippen molar-refractivity contribution >= 4 is 34.1 Å². The summed E-state index contributed by atoms with van der Waals surface area (Å²) in [4.78, 5) is 26.0. The molecular weight excluding hydrogens is 388 g/mol. The van der Waals surface area contributed by atoms with Crippen LogP contribution in [-0.2, 0) is 6.42 Å². The van der Waals surface area contributed by atoms with E-state index in [1.165, 1.54) is 5.56 Å². The molecule has 0 aliphatic carbocycles. The molecule has 2 amide bonds. The number of aromatic nitrogens is 2. The van der Waals surface area contributed by atoms with E-state index in [0.29, 0.717) is 11.8 Å². The lowest BCUT2D eigenvalue weighted by molar-refractivity contribution is 0.215. The summed E-state index contributed by atoms with van der Waals surface area (Å²) in [6.07, 6.45) is 2.54. The van der Waals surface area contributed by atoms with E-state index in [2.05, 4.69) is 51.6 Å². The lowest BCUT2D eigenvalue weighted by Crippen LogP contribution is -2.35. The van der Waals surface area contributed by atoms with E-state index >= 15 is 0 Å². The molecule has 1 aromatic heterocycles. The first-order chi connectivity index (χ1) is 15.1. The van der Waals surface area contributed by atoms with Crippen LogP contribution in [-0.4, -0.2) is 59.0 Å². The molecule has 7 nitrogen and oxygen atoms in total. The molecule has 0 radical (unpaired) electrons. The number of likely N-dealkylation sites (tertiary alicyclic amines) is 2. The number of nitrogens with zero attached hydrogens (tertiary/aromatic N) is 4. The molecule has 2 atom stereocenters. The molecule has 2 fully saturated rings. The van der Waals surface area contributed by atoms with Gasteiger partial charge < -0.3 is 20.4 Å². The van der Waals surface area contributed by atoms with Gasteiger partial charge in [-0.15, -0.1) is 0 Å². The molecule has 31 heavy (non-hydrogen) atoms. The van der Waals surface area contributed by atoms with Crippen molar-refractivity contribution in [3.05, 3.63) is 54.4 Å². The second-order valence-electron chi connectivity index (χ2n) is 8.71. The van der Waals surface area contributed by atoms with Gasteiger partial charge in [0.1, 0.15) is 12.1 Å². The van der Waals surface area contributed by atoms with E-state index in [-0.39, 0.29) is 6.03 Å². The number of carbonyl (C=O) groups excluding carboxylic acids is 1. The highest BCUT2D eigenvalue weighted by molar-refractivity contribution is 5.96. The monoisotopic (exact) mass is 416 g/mol. The number of amides is 2. The van der Waals surface area contributed by atoms with Gasteiger partial charge in [0.2, 0.25) is 0 Å². The van der Waals surface area contributed by atoms with Gasteiger partial charge in [-0.25, -0.2) is 14.8 Å². The second-order valence-corrected chi connectivity index (χ2v) is 8.71. The van der Waals surface area contributed by atoms with Crippen LogP contribution in [0.25, 0.3) is 10.9 Å². The number of hydrogen-bond donors (Lipinski definition) is 2. The van der Waals surface area contributed by atoms with Crippen LogP contribution in [0.1, 0.15) is 12.5 Å². The Kier molecular flexibility index (Phi) is 5.19. The molecule has 2 aliphatic rings. The Morgan fingerprint density at radius 1 is 1.03 bits per heavy atom. The molecule has 2 N–H and O–H groups in total. The molecular formula is C24H28N6O. The smallest absolute Gasteiger partial charge is 0.321 e. The third kappa shape index (κ3) is 4.05. The van der Waals surface area contributed by atoms with Gasteiger partial charge in [0.25, 0.3) is 0 Å². The highest BCUT2D eigenvalue weighted by atomic mass is 16.2. The van der Waals surface area contributed by atoms with Gasteiger partial charge in [-0.3, -0.25) is 0 Å². The molecule has 3 aromatic rings. The number of benzene rings is 2. The topological polar surface area (TPSA) is 73.4 Å². The summed E-state index contributed by atoms with van der Waals surface area (Å²) in [5.74, 6) is 1.92. The van der Waals surface area contributed by atoms with Crippen LogP contribution in [0.5, 0.6) is 0 Å². The molecule has 0 bridgehead atoms. The van der Waals surface area contributed by atoms with Gasteiger partial charge >= 0.3 is 6.03 Å². The highest BCUT2D eigenvalue weighted by Gasteiger charge is 2.40. The van der Waals surface area contributed by atoms with Crippen molar-refractivity contribution in [1.29, 1.82) is 0 Å². The van der Waals surface area contributed by atoms with Crippen LogP contribution in [0, 0.1) is 11.8 Å². The quantitative estimate of drug-likeness (QED) is 0.673. The summed E-state index contributed by atoms with van der Waals surface area (Å²) < 4.78 is 0. The van der Waals surface area contributed by atoms with Crippen molar-refractivity contribution < 1.29 is 4.79 Å². The molecule has 0 saturated carbocycles. The fourth-order valence-corrected chi connectivity index (χ4v) is 4.84. The maximum Gasteiger partial charge on any atom is 0.321 e. The third-order valence-electron chi connectivity index (χ3n) is 6.44. The Bertz CT molecular complexity index is 1100. The Balaban J connectivity index is 1.34. The Hall–Kier alpha value is -3.19. The number of anilines is 3. The Morgan fingerprint density at radius 3 is 2.61 bits per heavy atom. The highest BCUT2D eigenvalue weighted by Crippen LogP contribution is 2.31. The summed E-state index contributed by atoms with van der Waals surface area (Å²) >= 11 is 0. The fourth-order valence-electron chi connectivity index (χ4n) is 4.84. The van der Waals surface area contributed by atoms with Gasteiger partial charge in [0.15, 0.2) is 0 Å². The molecule has 5 rings (SSSR count). The van der Waals surface area contributed by atoms with Gasteiger partial charge in [-0.1, -0.05) is 19.1 Å². The van der Waals surface area contributed by atoms with E-state index in [1.54, 1.807) is 6.33 Å². The first kappa shape index (κ1) is 19.8. The molecule has 160 valence electrons. The molecule has 2 aliphatic heterocycles. The van der Waals surface area contributed by atoms with Gasteiger partial charge in [-0.05, 0) is 61.2 Å². The summed E-state index contributed by atoms with van der Waals surface area (Å²) in [6, 6.07) is 14.1. The predicted molar refractivity (Wildman–Crippen MR) is 124 cm³/mol. The average Bonchev–Trinajstić information content (AvgIpc) is 3.32. The van der Waals surface area contributed by atoms with E-state index in [9.17, 15) is 4.79 Å². The number of fused-ring (bicyclic) bond motifs is 2. The minimum Gasteiger partial charge on any atom is -0.340 e. The van der Waals surface area contributed by atoms with E-state index in [0.717, 1.165) is 60.7 Å². The first-order valence-electron chi connectivity index (χ1n) is 10.9. The molecule has 7 heteroatoms. The van der Waals surface area contributed by atoms with Gasteiger partial charge in [0, 0.05) is 42.9 Å². The third-order valence-corrected chi connectivity index (χ3v) is 6.44. The predicted octanol–water partition coefficient (Wildman–Crippen LogP) is 3.96. The molecule has 2 aromatic carbocycles. The number of aryl methyl sites for hydroxylation is 1. The second kappa shape index (κ2) is 8.15. The first-order valence-corrected chi connectivity index (χ1v) is 10.9. The lowest BCUT2D eigenvalue weighted by Gasteiger charge is -2.20. The lowest BCUT2D eigenvalue weighted by atomic mass is 10.0. The zero-order valence-corrected chi connectivity index (χ0v) is 18.0. The number of carbonyl (C=O) groups is 1. The zero-order chi connectivity index (χ0) is 21.4. The Morgan fingerprint density at radius 2 is 1.84 bits per heavy atom. The summed E-state index contributed by atoms with van der Waals surface area (Å²) in [5, 5.41) is 7.36. The largest absolute Gasteiger partial charge is 0.340 e. The fraction of sp³-hybridized carbons (Fsp3) is 0.375. The zero-order valence-electron chi connectivity index (χ0n) is 18.0. The standard InChI is InChI=1S/C24H28N6O/c1-3-16-5-4-6-19(9-16)27-23-21-10-20(7-8-22(21)25-15-26-23)28-24(31)30-13-17-11-29(2)12-18(17)14-30/h4-10,15,17-18H,3,11-14H2,1-2H3,(H,28,31)(H,25,26,27).